The highest BCUT2D eigenvalue weighted by Crippen LogP contribution is 2.41. The molecule has 0 radical (unpaired) electrons. The van der Waals surface area contributed by atoms with Crippen LogP contribution in [0.25, 0.3) is 22.4 Å². The maximum atomic E-state index is 13.6. The van der Waals surface area contributed by atoms with Gasteiger partial charge in [-0.2, -0.15) is 0 Å². The molecule has 0 N–H and O–H groups in total. The van der Waals surface area contributed by atoms with Crippen LogP contribution in [-0.2, 0) is 17.9 Å². The zero-order valence-electron chi connectivity index (χ0n) is 20.8. The van der Waals surface area contributed by atoms with Crippen molar-refractivity contribution in [2.45, 2.75) is 33.0 Å². The third-order valence-corrected chi connectivity index (χ3v) is 6.01. The predicted octanol–water partition coefficient (Wildman–Crippen LogP) is 5.17. The van der Waals surface area contributed by atoms with Gasteiger partial charge in [0, 0.05) is 18.2 Å². The van der Waals surface area contributed by atoms with Gasteiger partial charge in [0.1, 0.15) is 12.4 Å². The topological polar surface area (TPSA) is 65.8 Å². The van der Waals surface area contributed by atoms with Gasteiger partial charge in [0.05, 0.1) is 32.4 Å². The van der Waals surface area contributed by atoms with Gasteiger partial charge < -0.3 is 23.7 Å². The van der Waals surface area contributed by atoms with E-state index in [-0.39, 0.29) is 18.5 Å². The van der Waals surface area contributed by atoms with Crippen LogP contribution in [0.2, 0.25) is 0 Å². The Morgan fingerprint density at radius 3 is 2.14 bits per heavy atom. The second-order valence-corrected chi connectivity index (χ2v) is 8.53. The molecule has 0 spiro atoms. The number of hydrogen-bond donors (Lipinski definition) is 0. The molecule has 3 aromatic carbocycles. The van der Waals surface area contributed by atoms with E-state index < -0.39 is 0 Å². The van der Waals surface area contributed by atoms with Crippen molar-refractivity contribution in [3.05, 3.63) is 72.3 Å². The molecular formula is C28H31N3O4. The molecule has 0 fully saturated rings. The molecule has 7 nitrogen and oxygen atoms in total. The molecule has 4 rings (SSSR count). The van der Waals surface area contributed by atoms with Crippen LogP contribution in [-0.4, -0.2) is 47.7 Å². The Kier molecular flexibility index (Phi) is 7.25. The quantitative estimate of drug-likeness (QED) is 0.336. The zero-order chi connectivity index (χ0) is 24.9. The monoisotopic (exact) mass is 473 g/mol. The van der Waals surface area contributed by atoms with Crippen LogP contribution in [0.1, 0.15) is 19.4 Å². The van der Waals surface area contributed by atoms with E-state index >= 15 is 0 Å². The predicted molar refractivity (Wildman–Crippen MR) is 137 cm³/mol. The number of nitrogens with zero attached hydrogens (tertiary/aromatic N) is 3. The summed E-state index contributed by atoms with van der Waals surface area (Å²) < 4.78 is 18.5. The molecule has 0 bridgehead atoms. The number of amides is 1. The Morgan fingerprint density at radius 2 is 1.54 bits per heavy atom. The van der Waals surface area contributed by atoms with Gasteiger partial charge in [0.25, 0.3) is 0 Å². The minimum Gasteiger partial charge on any atom is -0.493 e. The molecule has 0 aliphatic heterocycles. The van der Waals surface area contributed by atoms with Crippen LogP contribution < -0.4 is 14.2 Å². The van der Waals surface area contributed by atoms with Crippen molar-refractivity contribution in [2.24, 2.45) is 0 Å². The van der Waals surface area contributed by atoms with E-state index in [0.717, 1.165) is 22.2 Å². The smallest absolute Gasteiger partial charge is 0.243 e. The molecule has 0 atom stereocenters. The minimum absolute atomic E-state index is 0.0145. The molecule has 0 aliphatic rings. The summed E-state index contributed by atoms with van der Waals surface area (Å²) in [4.78, 5) is 20.4. The number of benzene rings is 3. The van der Waals surface area contributed by atoms with E-state index in [9.17, 15) is 4.79 Å². The number of para-hydroxylation sites is 2. The zero-order valence-corrected chi connectivity index (χ0v) is 20.8. The minimum atomic E-state index is 0.0145. The maximum absolute atomic E-state index is 13.6. The fraction of sp³-hybridized carbons (Fsp3) is 0.286. The molecule has 182 valence electrons. The number of rotatable bonds is 9. The summed E-state index contributed by atoms with van der Waals surface area (Å²) in [5.74, 6) is 2.23. The van der Waals surface area contributed by atoms with Crippen molar-refractivity contribution >= 4 is 16.9 Å². The first-order valence-corrected chi connectivity index (χ1v) is 11.6. The van der Waals surface area contributed by atoms with Gasteiger partial charge in [-0.15, -0.1) is 0 Å². The fourth-order valence-corrected chi connectivity index (χ4v) is 4.23. The lowest BCUT2D eigenvalue weighted by atomic mass is 10.1. The van der Waals surface area contributed by atoms with Crippen LogP contribution in [0, 0.1) is 0 Å². The lowest BCUT2D eigenvalue weighted by molar-refractivity contribution is -0.134. The van der Waals surface area contributed by atoms with E-state index in [1.165, 1.54) is 0 Å². The third-order valence-electron chi connectivity index (χ3n) is 6.01. The molecular weight excluding hydrogens is 442 g/mol. The lowest BCUT2D eigenvalue weighted by Gasteiger charge is -2.27. The lowest BCUT2D eigenvalue weighted by Crippen LogP contribution is -2.38. The number of ether oxygens (including phenoxy) is 3. The van der Waals surface area contributed by atoms with E-state index in [2.05, 4.69) is 0 Å². The number of carbonyl (C=O) groups excluding carboxylic acids is 1. The Labute approximate surface area is 205 Å². The number of aromatic nitrogens is 2. The van der Waals surface area contributed by atoms with Crippen molar-refractivity contribution < 1.29 is 19.0 Å². The first-order chi connectivity index (χ1) is 17.0. The summed E-state index contributed by atoms with van der Waals surface area (Å²) >= 11 is 0. The Morgan fingerprint density at radius 1 is 0.914 bits per heavy atom. The highest BCUT2D eigenvalue weighted by molar-refractivity contribution is 5.85. The Hall–Kier alpha value is -4.00. The van der Waals surface area contributed by atoms with Crippen LogP contribution in [0.5, 0.6) is 17.2 Å². The summed E-state index contributed by atoms with van der Waals surface area (Å²) in [6.45, 7) is 4.76. The first-order valence-electron chi connectivity index (χ1n) is 11.6. The van der Waals surface area contributed by atoms with Crippen molar-refractivity contribution in [3.63, 3.8) is 0 Å². The summed E-state index contributed by atoms with van der Waals surface area (Å²) in [6.07, 6.45) is 0. The van der Waals surface area contributed by atoms with Gasteiger partial charge in [-0.1, -0.05) is 42.5 Å². The van der Waals surface area contributed by atoms with E-state index in [4.69, 9.17) is 19.2 Å². The largest absolute Gasteiger partial charge is 0.493 e. The van der Waals surface area contributed by atoms with Gasteiger partial charge in [-0.25, -0.2) is 4.98 Å². The van der Waals surface area contributed by atoms with E-state index in [1.807, 2.05) is 90.0 Å². The van der Waals surface area contributed by atoms with Crippen LogP contribution in [0.4, 0.5) is 0 Å². The Balaban J connectivity index is 1.78. The highest BCUT2D eigenvalue weighted by atomic mass is 16.5. The van der Waals surface area contributed by atoms with Crippen molar-refractivity contribution in [1.82, 2.24) is 14.5 Å². The average Bonchev–Trinajstić information content (AvgIpc) is 3.24. The molecule has 1 aromatic heterocycles. The summed E-state index contributed by atoms with van der Waals surface area (Å²) in [7, 11) is 4.73. The van der Waals surface area contributed by atoms with Gasteiger partial charge >= 0.3 is 0 Å². The molecule has 0 saturated carbocycles. The molecule has 0 saturated heterocycles. The van der Waals surface area contributed by atoms with Crippen molar-refractivity contribution in [2.75, 3.05) is 21.3 Å². The molecule has 1 heterocycles. The second kappa shape index (κ2) is 10.5. The van der Waals surface area contributed by atoms with Gasteiger partial charge in [0.2, 0.25) is 11.7 Å². The standard InChI is InChI=1S/C28H31N3O4/c1-19(2)30(17-20-11-7-6-8-12-20)26(32)18-31-23-14-10-9-13-22(23)29-28(31)21-15-24(33-3)27(35-5)25(16-21)34-4/h6-16,19H,17-18H2,1-5H3. The average molecular weight is 474 g/mol. The molecule has 1 amide bonds. The Bertz CT molecular complexity index is 1290. The fourth-order valence-electron chi connectivity index (χ4n) is 4.23. The number of fused-ring (bicyclic) bond motifs is 1. The highest BCUT2D eigenvalue weighted by Gasteiger charge is 2.23. The van der Waals surface area contributed by atoms with E-state index in [0.29, 0.717) is 29.6 Å². The summed E-state index contributed by atoms with van der Waals surface area (Å²) in [5.41, 5.74) is 3.55. The summed E-state index contributed by atoms with van der Waals surface area (Å²) in [6, 6.07) is 21.6. The SMILES string of the molecule is COc1cc(-c2nc3ccccc3n2CC(=O)N(Cc2ccccc2)C(C)C)cc(OC)c1OC. The number of carbonyl (C=O) groups is 1. The third kappa shape index (κ3) is 4.94. The van der Waals surface area contributed by atoms with Gasteiger partial charge in [-0.05, 0) is 43.7 Å². The number of methoxy groups -OCH3 is 3. The first kappa shape index (κ1) is 24.1. The molecule has 35 heavy (non-hydrogen) atoms. The number of imidazole rings is 1. The van der Waals surface area contributed by atoms with Crippen LogP contribution >= 0.6 is 0 Å². The maximum Gasteiger partial charge on any atom is 0.243 e. The molecule has 4 aromatic rings. The van der Waals surface area contributed by atoms with Crippen molar-refractivity contribution in [1.29, 1.82) is 0 Å². The van der Waals surface area contributed by atoms with Crippen LogP contribution in [0.3, 0.4) is 0 Å². The normalized spacial score (nSPS) is 11.0. The van der Waals surface area contributed by atoms with Crippen molar-refractivity contribution in [3.8, 4) is 28.6 Å². The molecule has 0 aliphatic carbocycles. The van der Waals surface area contributed by atoms with Gasteiger partial charge in [0.15, 0.2) is 11.5 Å². The molecule has 0 unspecified atom stereocenters. The summed E-state index contributed by atoms with van der Waals surface area (Å²) in [5, 5.41) is 0. The second-order valence-electron chi connectivity index (χ2n) is 8.53. The molecule has 7 heteroatoms. The number of hydrogen-bond acceptors (Lipinski definition) is 5. The van der Waals surface area contributed by atoms with E-state index in [1.54, 1.807) is 21.3 Å². The van der Waals surface area contributed by atoms with Crippen LogP contribution in [0.15, 0.2) is 66.7 Å². The van der Waals surface area contributed by atoms with Gasteiger partial charge in [-0.3, -0.25) is 4.79 Å².